The lowest BCUT2D eigenvalue weighted by Gasteiger charge is -2.32. The van der Waals surface area contributed by atoms with E-state index in [0.29, 0.717) is 29.5 Å². The molecule has 7 heteroatoms. The molecule has 3 aliphatic rings. The van der Waals surface area contributed by atoms with Gasteiger partial charge in [0.15, 0.2) is 17.3 Å². The number of unbranched alkanes of at least 4 members (excludes halogenated alkanes) is 3. The van der Waals surface area contributed by atoms with E-state index < -0.39 is 20.8 Å². The van der Waals surface area contributed by atoms with Crippen LogP contribution in [-0.4, -0.2) is 47.0 Å². The largest absolute Gasteiger partial charge is 0.747 e. The molecule has 0 aromatic rings. The highest BCUT2D eigenvalue weighted by Crippen LogP contribution is 2.64. The maximum Gasteiger partial charge on any atom is 0.181 e. The van der Waals surface area contributed by atoms with Gasteiger partial charge < -0.3 is 4.55 Å². The van der Waals surface area contributed by atoms with Crippen LogP contribution in [0, 0.1) is 16.7 Å². The minimum absolute atomic E-state index is 0.294. The van der Waals surface area contributed by atoms with Crippen LogP contribution in [0.1, 0.15) is 85.5 Å². The third kappa shape index (κ3) is 5.45. The summed E-state index contributed by atoms with van der Waals surface area (Å²) in [6, 6.07) is 0. The van der Waals surface area contributed by atoms with Crippen LogP contribution in [0.4, 0.5) is 0 Å². The number of carbonyl (C=O) groups is 2. The second-order valence-corrected chi connectivity index (χ2v) is 13.5. The number of hydrogen-bond acceptors (Lipinski definition) is 5. The van der Waals surface area contributed by atoms with Gasteiger partial charge in [0.2, 0.25) is 0 Å². The Balaban J connectivity index is 0.000000208. The second-order valence-electron chi connectivity index (χ2n) is 9.70. The van der Waals surface area contributed by atoms with E-state index in [9.17, 15) is 22.6 Å². The van der Waals surface area contributed by atoms with E-state index >= 15 is 0 Å². The first-order chi connectivity index (χ1) is 13.4. The Hall–Kier alpha value is -0.400. The Labute approximate surface area is 179 Å². The fraction of sp³-hybridized carbons (Fsp3) is 0.909. The fourth-order valence-corrected chi connectivity index (χ4v) is 8.96. The van der Waals surface area contributed by atoms with Crippen LogP contribution < -0.4 is 0 Å². The van der Waals surface area contributed by atoms with Crippen LogP contribution >= 0.6 is 0 Å². The summed E-state index contributed by atoms with van der Waals surface area (Å²) in [6.07, 6.45) is 9.89. The Morgan fingerprint density at radius 3 is 2.21 bits per heavy atom. The van der Waals surface area contributed by atoms with Crippen molar-refractivity contribution < 1.29 is 22.6 Å². The zero-order valence-electron chi connectivity index (χ0n) is 18.5. The molecule has 168 valence electrons. The first kappa shape index (κ1) is 24.9. The third-order valence-electron chi connectivity index (χ3n) is 7.57. The summed E-state index contributed by atoms with van der Waals surface area (Å²) >= 11 is 0. The molecule has 0 aromatic heterocycles. The normalized spacial score (nSPS) is 31.0. The molecule has 0 amide bonds. The Morgan fingerprint density at radius 2 is 1.76 bits per heavy atom. The van der Waals surface area contributed by atoms with Gasteiger partial charge >= 0.3 is 0 Å². The second kappa shape index (κ2) is 9.82. The Kier molecular flexibility index (Phi) is 8.42. The van der Waals surface area contributed by atoms with E-state index in [1.807, 2.05) is 13.8 Å². The Morgan fingerprint density at radius 1 is 1.14 bits per heavy atom. The first-order valence-electron chi connectivity index (χ1n) is 11.1. The molecule has 0 aromatic carbocycles. The van der Waals surface area contributed by atoms with Crippen molar-refractivity contribution in [1.82, 2.24) is 0 Å². The van der Waals surface area contributed by atoms with Crippen molar-refractivity contribution in [3.05, 3.63) is 0 Å². The smallest absolute Gasteiger partial charge is 0.181 e. The molecular formula is C22H38O5S2. The molecule has 0 spiro atoms. The first-order valence-corrected chi connectivity index (χ1v) is 14.3. The lowest BCUT2D eigenvalue weighted by Crippen LogP contribution is -2.38. The molecule has 3 rings (SSSR count). The van der Waals surface area contributed by atoms with Crippen LogP contribution in [0.25, 0.3) is 0 Å². The van der Waals surface area contributed by atoms with E-state index in [1.54, 1.807) is 6.92 Å². The van der Waals surface area contributed by atoms with Crippen molar-refractivity contribution in [2.45, 2.75) is 90.7 Å². The van der Waals surface area contributed by atoms with E-state index in [-0.39, 0.29) is 17.1 Å². The topological polar surface area (TPSA) is 91.3 Å². The number of carbonyl (C=O) groups excluding carboxylic acids is 2. The van der Waals surface area contributed by atoms with Crippen molar-refractivity contribution in [3.63, 3.8) is 0 Å². The fourth-order valence-electron chi connectivity index (χ4n) is 5.24. The maximum absolute atomic E-state index is 12.0. The van der Waals surface area contributed by atoms with Gasteiger partial charge in [-0.2, -0.15) is 0 Å². The van der Waals surface area contributed by atoms with Crippen LogP contribution in [0.2, 0.25) is 0 Å². The molecule has 5 nitrogen and oxygen atoms in total. The molecule has 2 bridgehead atoms. The standard InChI is InChI=1S/C12H23OS.C10H16O4S/c1-2-3-4-5-8-12(13)11-14-9-6-7-10-14;1-9(2)6-4-5-10(9,3)8(11)7(6)15(12,13)14/h2-11H2,1H3;6-7H,4-5H2,1-3H3,(H,12,13,14)/q+1;/p-1. The highest BCUT2D eigenvalue weighted by molar-refractivity contribution is 7.97. The van der Waals surface area contributed by atoms with Gasteiger partial charge in [0.25, 0.3) is 0 Å². The van der Waals surface area contributed by atoms with E-state index in [0.717, 1.165) is 18.6 Å². The molecule has 3 fully saturated rings. The summed E-state index contributed by atoms with van der Waals surface area (Å²) in [5.41, 5.74) is -0.994. The zero-order chi connectivity index (χ0) is 21.9. The van der Waals surface area contributed by atoms with Gasteiger partial charge in [0.1, 0.15) is 26.9 Å². The summed E-state index contributed by atoms with van der Waals surface area (Å²) < 4.78 is 33.3. The summed E-state index contributed by atoms with van der Waals surface area (Å²) in [4.78, 5) is 23.5. The maximum atomic E-state index is 12.0. The van der Waals surface area contributed by atoms with E-state index in [1.165, 1.54) is 43.6 Å². The SMILES string of the molecule is CC12CCC(C(S(=O)(=O)[O-])C1=O)C2(C)C.CCCCCCC(=O)C[S+]1CCCC1. The highest BCUT2D eigenvalue weighted by Gasteiger charge is 2.67. The van der Waals surface area contributed by atoms with Crippen LogP contribution in [-0.2, 0) is 30.6 Å². The van der Waals surface area contributed by atoms with E-state index in [4.69, 9.17) is 0 Å². The molecule has 0 radical (unpaired) electrons. The molecule has 2 aliphatic carbocycles. The van der Waals surface area contributed by atoms with E-state index in [2.05, 4.69) is 6.92 Å². The van der Waals surface area contributed by atoms with Gasteiger partial charge in [-0.15, -0.1) is 0 Å². The van der Waals surface area contributed by atoms with Gasteiger partial charge in [-0.3, -0.25) is 9.59 Å². The average Bonchev–Trinajstić information content (AvgIpc) is 3.24. The van der Waals surface area contributed by atoms with Crippen molar-refractivity contribution in [1.29, 1.82) is 0 Å². The van der Waals surface area contributed by atoms with Gasteiger partial charge in [-0.1, -0.05) is 47.0 Å². The molecule has 1 saturated heterocycles. The predicted octanol–water partition coefficient (Wildman–Crippen LogP) is 3.86. The van der Waals surface area contributed by atoms with Crippen molar-refractivity contribution >= 4 is 32.6 Å². The molecule has 2 saturated carbocycles. The summed E-state index contributed by atoms with van der Waals surface area (Å²) in [5, 5.41) is -1.30. The number of ketones is 2. The third-order valence-corrected chi connectivity index (χ3v) is 11.2. The van der Waals surface area contributed by atoms with Crippen LogP contribution in [0.15, 0.2) is 0 Å². The lowest BCUT2D eigenvalue weighted by molar-refractivity contribution is -0.128. The molecular weight excluding hydrogens is 408 g/mol. The highest BCUT2D eigenvalue weighted by atomic mass is 32.2. The number of rotatable bonds is 8. The quantitative estimate of drug-likeness (QED) is 0.321. The minimum Gasteiger partial charge on any atom is -0.747 e. The minimum atomic E-state index is -4.49. The summed E-state index contributed by atoms with van der Waals surface area (Å²) in [6.45, 7) is 7.80. The molecule has 3 unspecified atom stereocenters. The number of hydrogen-bond donors (Lipinski definition) is 0. The number of Topliss-reactive ketones (excluding diaryl/α,β-unsaturated/α-hetero) is 2. The molecule has 29 heavy (non-hydrogen) atoms. The van der Waals surface area contributed by atoms with Gasteiger partial charge in [-0.05, 0) is 54.3 Å². The monoisotopic (exact) mass is 446 g/mol. The predicted molar refractivity (Wildman–Crippen MR) is 118 cm³/mol. The van der Waals surface area contributed by atoms with Gasteiger partial charge in [0, 0.05) is 11.8 Å². The summed E-state index contributed by atoms with van der Waals surface area (Å²) in [7, 11) is -4.01. The summed E-state index contributed by atoms with van der Waals surface area (Å²) in [5.74, 6) is 3.45. The van der Waals surface area contributed by atoms with Crippen LogP contribution in [0.5, 0.6) is 0 Å². The zero-order valence-corrected chi connectivity index (χ0v) is 20.1. The van der Waals surface area contributed by atoms with Gasteiger partial charge in [0.05, 0.1) is 0 Å². The molecule has 1 aliphatic heterocycles. The Bertz CT molecular complexity index is 694. The van der Waals surface area contributed by atoms with Gasteiger partial charge in [-0.25, -0.2) is 8.42 Å². The van der Waals surface area contributed by atoms with Crippen LogP contribution in [0.3, 0.4) is 0 Å². The molecule has 3 atom stereocenters. The average molecular weight is 447 g/mol. The van der Waals surface area contributed by atoms with Crippen molar-refractivity contribution in [2.24, 2.45) is 16.7 Å². The number of fused-ring (bicyclic) bond motifs is 2. The molecule has 1 heterocycles. The molecule has 0 N–H and O–H groups in total. The van der Waals surface area contributed by atoms with Crippen molar-refractivity contribution in [3.8, 4) is 0 Å². The lowest BCUT2D eigenvalue weighted by atomic mass is 9.70. The van der Waals surface area contributed by atoms with Crippen molar-refractivity contribution in [2.75, 3.05) is 17.3 Å².